The van der Waals surface area contributed by atoms with Crippen LogP contribution in [0.5, 0.6) is 0 Å². The van der Waals surface area contributed by atoms with E-state index >= 15 is 0 Å². The smallest absolute Gasteiger partial charge is 0.163 e. The van der Waals surface area contributed by atoms with Crippen LogP contribution < -0.4 is 5.32 Å². The molecule has 5 nitrogen and oxygen atoms in total. The maximum atomic E-state index is 12.2. The summed E-state index contributed by atoms with van der Waals surface area (Å²) in [6.45, 7) is 27.6. The van der Waals surface area contributed by atoms with E-state index < -0.39 is 0 Å². The predicted octanol–water partition coefficient (Wildman–Crippen LogP) is 11.3. The standard InChI is InChI=1S/C21H29NO.C19H34N2O.C3H8/c1-4-17(2)19-12-10-18(11-13-19)16-23-21(14-15-22-3)20-8-6-5-7-9-20;1-9-12-21(8)19(15(5)11-3)18(17(7)22)13-20-16(6)14(4)10-2;1-3-2/h5-13,17,21-22H,4,14-16H2,1-3H3;13-15H,6,9-12H2,1-5,7-8H3;3H2,1-2H3/b;19-18-,20-13?;. The highest BCUT2D eigenvalue weighted by molar-refractivity contribution is 6.13. The highest BCUT2D eigenvalue weighted by atomic mass is 16.5. The first-order valence-corrected chi connectivity index (χ1v) is 18.5. The van der Waals surface area contributed by atoms with Crippen LogP contribution in [0.25, 0.3) is 0 Å². The van der Waals surface area contributed by atoms with Gasteiger partial charge in [0.05, 0.1) is 18.3 Å². The van der Waals surface area contributed by atoms with Crippen LogP contribution in [0.3, 0.4) is 0 Å². The Balaban J connectivity index is 0.000000852. The number of Topliss-reactive ketones (excluding diaryl/α,β-unsaturated/α-hetero) is 1. The molecule has 0 saturated heterocycles. The van der Waals surface area contributed by atoms with Gasteiger partial charge in [0.2, 0.25) is 0 Å². The van der Waals surface area contributed by atoms with E-state index in [9.17, 15) is 4.79 Å². The summed E-state index contributed by atoms with van der Waals surface area (Å²) >= 11 is 0. The van der Waals surface area contributed by atoms with Crippen LogP contribution >= 0.6 is 0 Å². The lowest BCUT2D eigenvalue weighted by Crippen LogP contribution is -2.26. The minimum Gasteiger partial charge on any atom is -0.377 e. The second kappa shape index (κ2) is 26.9. The van der Waals surface area contributed by atoms with Gasteiger partial charge < -0.3 is 15.0 Å². The van der Waals surface area contributed by atoms with Gasteiger partial charge in [-0.2, -0.15) is 0 Å². The maximum Gasteiger partial charge on any atom is 0.163 e. The molecule has 270 valence electrons. The van der Waals surface area contributed by atoms with Crippen molar-refractivity contribution in [1.82, 2.24) is 10.2 Å². The average molecular weight is 662 g/mol. The molecule has 0 aliphatic carbocycles. The van der Waals surface area contributed by atoms with Gasteiger partial charge in [-0.25, -0.2) is 0 Å². The fourth-order valence-electron chi connectivity index (χ4n) is 5.01. The average Bonchev–Trinajstić information content (AvgIpc) is 3.10. The van der Waals surface area contributed by atoms with Crippen LogP contribution in [0.2, 0.25) is 0 Å². The molecule has 1 N–H and O–H groups in total. The summed E-state index contributed by atoms with van der Waals surface area (Å²) in [6.07, 6.45) is 8.33. The molecule has 5 heteroatoms. The molecule has 0 fully saturated rings. The molecular formula is C43H71N3O2. The molecule has 0 radical (unpaired) electrons. The fraction of sp³-hybridized carbons (Fsp3) is 0.581. The molecule has 2 rings (SSSR count). The van der Waals surface area contributed by atoms with Gasteiger partial charge in [0.25, 0.3) is 0 Å². The van der Waals surface area contributed by atoms with Crippen molar-refractivity contribution in [1.29, 1.82) is 0 Å². The Morgan fingerprint density at radius 2 is 1.48 bits per heavy atom. The van der Waals surface area contributed by atoms with Crippen molar-refractivity contribution >= 4 is 12.0 Å². The van der Waals surface area contributed by atoms with Gasteiger partial charge in [0.1, 0.15) is 0 Å². The molecule has 0 bridgehead atoms. The quantitative estimate of drug-likeness (QED) is 0.120. The molecular weight excluding hydrogens is 590 g/mol. The lowest BCUT2D eigenvalue weighted by atomic mass is 9.97. The second-order valence-corrected chi connectivity index (χ2v) is 13.0. The zero-order chi connectivity index (χ0) is 36.5. The fourth-order valence-corrected chi connectivity index (χ4v) is 5.01. The molecule has 0 amide bonds. The minimum absolute atomic E-state index is 0.0685. The molecule has 0 heterocycles. The van der Waals surface area contributed by atoms with E-state index in [2.05, 4.69) is 140 Å². The number of hydrogen-bond acceptors (Lipinski definition) is 5. The van der Waals surface area contributed by atoms with Gasteiger partial charge >= 0.3 is 0 Å². The zero-order valence-electron chi connectivity index (χ0n) is 32.9. The molecule has 0 spiro atoms. The lowest BCUT2D eigenvalue weighted by molar-refractivity contribution is -0.113. The van der Waals surface area contributed by atoms with Crippen LogP contribution in [0.1, 0.15) is 136 Å². The van der Waals surface area contributed by atoms with Gasteiger partial charge in [-0.1, -0.05) is 130 Å². The highest BCUT2D eigenvalue weighted by Gasteiger charge is 2.19. The van der Waals surface area contributed by atoms with Gasteiger partial charge in [0, 0.05) is 31.2 Å². The molecule has 4 atom stereocenters. The first kappa shape index (κ1) is 45.0. The summed E-state index contributed by atoms with van der Waals surface area (Å²) < 4.78 is 6.20. The second-order valence-electron chi connectivity index (χ2n) is 13.0. The number of benzene rings is 2. The van der Waals surface area contributed by atoms with E-state index in [1.54, 1.807) is 13.1 Å². The molecule has 0 aromatic heterocycles. The minimum atomic E-state index is 0.0685. The van der Waals surface area contributed by atoms with E-state index in [0.29, 0.717) is 24.4 Å². The largest absolute Gasteiger partial charge is 0.377 e. The summed E-state index contributed by atoms with van der Waals surface area (Å²) in [5.74, 6) is 1.36. The zero-order valence-corrected chi connectivity index (χ0v) is 32.9. The van der Waals surface area contributed by atoms with Gasteiger partial charge in [-0.15, -0.1) is 0 Å². The van der Waals surface area contributed by atoms with E-state index in [0.717, 1.165) is 55.7 Å². The number of aliphatic imine (C=N–C) groups is 1. The number of nitrogens with zero attached hydrogens (tertiary/aromatic N) is 2. The van der Waals surface area contributed by atoms with Crippen molar-refractivity contribution in [3.63, 3.8) is 0 Å². The van der Waals surface area contributed by atoms with E-state index in [4.69, 9.17) is 4.74 Å². The normalized spacial score (nSPS) is 14.0. The molecule has 4 unspecified atom stereocenters. The van der Waals surface area contributed by atoms with Gasteiger partial charge in [-0.3, -0.25) is 9.79 Å². The number of rotatable bonds is 19. The summed E-state index contributed by atoms with van der Waals surface area (Å²) in [5, 5.41) is 3.21. The van der Waals surface area contributed by atoms with Crippen molar-refractivity contribution < 1.29 is 9.53 Å². The third kappa shape index (κ3) is 17.4. The Bertz CT molecular complexity index is 1190. The number of allylic oxidation sites excluding steroid dienone is 3. The van der Waals surface area contributed by atoms with Crippen LogP contribution in [0.4, 0.5) is 0 Å². The van der Waals surface area contributed by atoms with E-state index in [1.807, 2.05) is 13.1 Å². The third-order valence-corrected chi connectivity index (χ3v) is 8.69. The van der Waals surface area contributed by atoms with Crippen LogP contribution in [0.15, 0.2) is 83.1 Å². The Morgan fingerprint density at radius 3 is 1.96 bits per heavy atom. The first-order valence-electron chi connectivity index (χ1n) is 18.5. The topological polar surface area (TPSA) is 53.9 Å². The number of ketones is 1. The predicted molar refractivity (Wildman–Crippen MR) is 211 cm³/mol. The van der Waals surface area contributed by atoms with Crippen molar-refractivity contribution in [3.05, 3.63) is 94.8 Å². The van der Waals surface area contributed by atoms with Gasteiger partial charge in [-0.05, 0) is 87.1 Å². The van der Waals surface area contributed by atoms with E-state index in [1.165, 1.54) is 29.5 Å². The molecule has 2 aromatic rings. The highest BCUT2D eigenvalue weighted by Crippen LogP contribution is 2.25. The lowest BCUT2D eigenvalue weighted by Gasteiger charge is -2.28. The Morgan fingerprint density at radius 1 is 0.896 bits per heavy atom. The summed E-state index contributed by atoms with van der Waals surface area (Å²) in [7, 11) is 4.04. The van der Waals surface area contributed by atoms with Crippen molar-refractivity contribution in [2.75, 3.05) is 27.2 Å². The molecule has 48 heavy (non-hydrogen) atoms. The monoisotopic (exact) mass is 662 g/mol. The number of ether oxygens (including phenoxy) is 1. The van der Waals surface area contributed by atoms with Gasteiger partial charge in [0.15, 0.2) is 5.78 Å². The SMILES string of the molecule is C=C(N=C/C(C(C)=O)=C(\C(C)CC)N(C)CCC)C(C)CC.CCC.CCC(C)c1ccc(COC(CCNC)c2ccccc2)cc1. The molecule has 0 aliphatic rings. The summed E-state index contributed by atoms with van der Waals surface area (Å²) in [5.41, 5.74) is 6.54. The number of carbonyl (C=O) groups excluding carboxylic acids is 1. The summed E-state index contributed by atoms with van der Waals surface area (Å²) in [6, 6.07) is 19.3. The number of hydrogen-bond donors (Lipinski definition) is 1. The van der Waals surface area contributed by atoms with Crippen molar-refractivity contribution in [2.45, 2.75) is 126 Å². The molecule has 0 saturated carbocycles. The Kier molecular flexibility index (Phi) is 25.2. The molecule has 0 aliphatic heterocycles. The Labute approximate surface area is 296 Å². The number of carbonyl (C=O) groups is 1. The van der Waals surface area contributed by atoms with Crippen LogP contribution in [-0.2, 0) is 16.1 Å². The maximum absolute atomic E-state index is 12.2. The summed E-state index contributed by atoms with van der Waals surface area (Å²) in [4.78, 5) is 18.8. The van der Waals surface area contributed by atoms with Crippen molar-refractivity contribution in [3.8, 4) is 0 Å². The third-order valence-electron chi connectivity index (χ3n) is 8.69. The Hall–Kier alpha value is -3.02. The molecule has 2 aromatic carbocycles. The van der Waals surface area contributed by atoms with Crippen LogP contribution in [0, 0.1) is 11.8 Å². The van der Waals surface area contributed by atoms with E-state index in [-0.39, 0.29) is 11.9 Å². The number of nitrogens with one attached hydrogen (secondary N) is 1. The first-order chi connectivity index (χ1) is 22.9. The van der Waals surface area contributed by atoms with Crippen LogP contribution in [-0.4, -0.2) is 44.1 Å². The van der Waals surface area contributed by atoms with Crippen molar-refractivity contribution in [2.24, 2.45) is 16.8 Å².